The van der Waals surface area contributed by atoms with Gasteiger partial charge in [0.05, 0.1) is 23.2 Å². The van der Waals surface area contributed by atoms with Crippen molar-refractivity contribution in [2.45, 2.75) is 49.8 Å². The number of thiophene rings is 1. The van der Waals surface area contributed by atoms with Crippen LogP contribution in [-0.2, 0) is 11.3 Å². The van der Waals surface area contributed by atoms with Crippen molar-refractivity contribution in [1.82, 2.24) is 14.9 Å². The Kier molecular flexibility index (Phi) is 6.12. The molecule has 146 valence electrons. The van der Waals surface area contributed by atoms with Crippen LogP contribution in [0.2, 0.25) is 0 Å². The van der Waals surface area contributed by atoms with Gasteiger partial charge in [0, 0.05) is 10.9 Å². The summed E-state index contributed by atoms with van der Waals surface area (Å²) >= 11 is 2.95. The lowest BCUT2D eigenvalue weighted by molar-refractivity contribution is -0.119. The van der Waals surface area contributed by atoms with Crippen LogP contribution in [-0.4, -0.2) is 27.3 Å². The fourth-order valence-electron chi connectivity index (χ4n) is 3.60. The van der Waals surface area contributed by atoms with E-state index in [2.05, 4.69) is 10.3 Å². The maximum atomic E-state index is 13.1. The van der Waals surface area contributed by atoms with Crippen molar-refractivity contribution >= 4 is 39.9 Å². The Morgan fingerprint density at radius 3 is 2.79 bits per heavy atom. The zero-order valence-corrected chi connectivity index (χ0v) is 17.2. The van der Waals surface area contributed by atoms with E-state index in [4.69, 9.17) is 0 Å². The van der Waals surface area contributed by atoms with Gasteiger partial charge < -0.3 is 5.32 Å². The predicted octanol–water partition coefficient (Wildman–Crippen LogP) is 4.05. The quantitative estimate of drug-likeness (QED) is 0.489. The molecule has 4 rings (SSSR count). The van der Waals surface area contributed by atoms with Gasteiger partial charge >= 0.3 is 0 Å². The number of aromatic nitrogens is 2. The molecule has 1 fully saturated rings. The summed E-state index contributed by atoms with van der Waals surface area (Å²) in [6, 6.07) is 11.7. The average molecular weight is 414 g/mol. The smallest absolute Gasteiger partial charge is 0.262 e. The number of amides is 1. The van der Waals surface area contributed by atoms with Gasteiger partial charge in [-0.1, -0.05) is 49.2 Å². The second-order valence-corrected chi connectivity index (χ2v) is 9.05. The molecule has 1 N–H and O–H groups in total. The summed E-state index contributed by atoms with van der Waals surface area (Å²) in [5.74, 6) is 0.285. The van der Waals surface area contributed by atoms with E-state index < -0.39 is 0 Å². The zero-order valence-electron chi connectivity index (χ0n) is 15.6. The lowest BCUT2D eigenvalue weighted by atomic mass is 9.95. The molecule has 5 nitrogen and oxygen atoms in total. The Morgan fingerprint density at radius 1 is 1.18 bits per heavy atom. The van der Waals surface area contributed by atoms with Crippen molar-refractivity contribution < 1.29 is 4.79 Å². The van der Waals surface area contributed by atoms with Crippen molar-refractivity contribution in [3.05, 3.63) is 57.0 Å². The number of nitrogens with zero attached hydrogens (tertiary/aromatic N) is 2. The Labute approximate surface area is 172 Å². The molecule has 28 heavy (non-hydrogen) atoms. The van der Waals surface area contributed by atoms with E-state index in [1.165, 1.54) is 31.0 Å². The molecule has 2 heterocycles. The number of rotatable bonds is 6. The van der Waals surface area contributed by atoms with Crippen molar-refractivity contribution in [2.24, 2.45) is 0 Å². The van der Waals surface area contributed by atoms with Gasteiger partial charge in [0.25, 0.3) is 5.56 Å². The Bertz CT molecular complexity index is 1010. The lowest BCUT2D eigenvalue weighted by Gasteiger charge is -2.22. The molecular formula is C21H23N3O2S2. The third-order valence-electron chi connectivity index (χ3n) is 5.02. The maximum absolute atomic E-state index is 13.1. The molecule has 0 aliphatic heterocycles. The van der Waals surface area contributed by atoms with E-state index in [-0.39, 0.29) is 17.2 Å². The largest absolute Gasteiger partial charge is 0.353 e. The number of nitrogens with one attached hydrogen (secondary N) is 1. The molecule has 0 radical (unpaired) electrons. The van der Waals surface area contributed by atoms with Crippen molar-refractivity contribution in [2.75, 3.05) is 5.75 Å². The summed E-state index contributed by atoms with van der Waals surface area (Å²) in [6.07, 6.45) is 5.76. The summed E-state index contributed by atoms with van der Waals surface area (Å²) in [6.45, 7) is 0.473. The van der Waals surface area contributed by atoms with Crippen LogP contribution >= 0.6 is 23.1 Å². The van der Waals surface area contributed by atoms with Crippen LogP contribution in [0.4, 0.5) is 0 Å². The van der Waals surface area contributed by atoms with Gasteiger partial charge in [-0.2, -0.15) is 0 Å². The Morgan fingerprint density at radius 2 is 2.00 bits per heavy atom. The summed E-state index contributed by atoms with van der Waals surface area (Å²) in [7, 11) is 0. The van der Waals surface area contributed by atoms with E-state index in [1.54, 1.807) is 22.0 Å². The van der Waals surface area contributed by atoms with E-state index in [9.17, 15) is 9.59 Å². The van der Waals surface area contributed by atoms with Gasteiger partial charge in [0.2, 0.25) is 5.91 Å². The van der Waals surface area contributed by atoms with Gasteiger partial charge in [-0.3, -0.25) is 14.2 Å². The molecule has 1 aromatic carbocycles. The van der Waals surface area contributed by atoms with Gasteiger partial charge in [-0.05, 0) is 36.4 Å². The number of para-hydroxylation sites is 1. The SMILES string of the molecule is O=C(CSc1nc2ccccc2c(=O)n1Cc1cccs1)NC1CCCCC1. The normalized spacial score (nSPS) is 15.0. The number of fused-ring (bicyclic) bond motifs is 1. The minimum atomic E-state index is -0.0609. The van der Waals surface area contributed by atoms with E-state index in [0.717, 1.165) is 17.7 Å². The molecule has 0 spiro atoms. The molecular weight excluding hydrogens is 390 g/mol. The molecule has 0 atom stereocenters. The molecule has 2 aromatic heterocycles. The third-order valence-corrected chi connectivity index (χ3v) is 6.86. The molecule has 1 amide bonds. The second-order valence-electron chi connectivity index (χ2n) is 7.07. The minimum absolute atomic E-state index is 0.0157. The second kappa shape index (κ2) is 8.92. The molecule has 3 aromatic rings. The number of hydrogen-bond acceptors (Lipinski definition) is 5. The molecule has 1 aliphatic rings. The summed E-state index contributed by atoms with van der Waals surface area (Å²) in [4.78, 5) is 31.2. The van der Waals surface area contributed by atoms with E-state index in [0.29, 0.717) is 28.6 Å². The van der Waals surface area contributed by atoms with Crippen LogP contribution < -0.4 is 10.9 Å². The van der Waals surface area contributed by atoms with Gasteiger partial charge in [-0.25, -0.2) is 4.98 Å². The average Bonchev–Trinajstić information content (AvgIpc) is 3.23. The number of carbonyl (C=O) groups is 1. The molecule has 7 heteroatoms. The van der Waals surface area contributed by atoms with Crippen LogP contribution in [0, 0.1) is 0 Å². The van der Waals surface area contributed by atoms with Gasteiger partial charge in [0.15, 0.2) is 5.16 Å². The number of hydrogen-bond donors (Lipinski definition) is 1. The number of thioether (sulfide) groups is 1. The minimum Gasteiger partial charge on any atom is -0.353 e. The van der Waals surface area contributed by atoms with Crippen molar-refractivity contribution in [3.8, 4) is 0 Å². The highest BCUT2D eigenvalue weighted by Gasteiger charge is 2.17. The highest BCUT2D eigenvalue weighted by atomic mass is 32.2. The molecule has 0 bridgehead atoms. The number of carbonyl (C=O) groups excluding carboxylic acids is 1. The number of benzene rings is 1. The highest BCUT2D eigenvalue weighted by molar-refractivity contribution is 7.99. The third kappa shape index (κ3) is 4.47. The van der Waals surface area contributed by atoms with Crippen LogP contribution in [0.5, 0.6) is 0 Å². The van der Waals surface area contributed by atoms with Crippen LogP contribution in [0.25, 0.3) is 10.9 Å². The van der Waals surface area contributed by atoms with Crippen LogP contribution in [0.1, 0.15) is 37.0 Å². The van der Waals surface area contributed by atoms with Gasteiger partial charge in [0.1, 0.15) is 0 Å². The fourth-order valence-corrected chi connectivity index (χ4v) is 5.10. The summed E-state index contributed by atoms with van der Waals surface area (Å²) in [5, 5.41) is 6.33. The molecule has 0 unspecified atom stereocenters. The Balaban J connectivity index is 1.56. The first kappa shape index (κ1) is 19.2. The van der Waals surface area contributed by atoms with Crippen molar-refractivity contribution in [1.29, 1.82) is 0 Å². The Hall–Kier alpha value is -2.12. The first-order valence-electron chi connectivity index (χ1n) is 9.65. The topological polar surface area (TPSA) is 64.0 Å². The zero-order chi connectivity index (χ0) is 19.3. The lowest BCUT2D eigenvalue weighted by Crippen LogP contribution is -2.37. The fraction of sp³-hybridized carbons (Fsp3) is 0.381. The van der Waals surface area contributed by atoms with Crippen LogP contribution in [0.3, 0.4) is 0 Å². The first-order chi connectivity index (χ1) is 13.7. The highest BCUT2D eigenvalue weighted by Crippen LogP contribution is 2.21. The van der Waals surface area contributed by atoms with Crippen LogP contribution in [0.15, 0.2) is 51.7 Å². The molecule has 1 aliphatic carbocycles. The maximum Gasteiger partial charge on any atom is 0.262 e. The van der Waals surface area contributed by atoms with E-state index >= 15 is 0 Å². The standard InChI is InChI=1S/C21H23N3O2S2/c25-19(22-15-7-2-1-3-8-15)14-28-21-23-18-11-5-4-10-17(18)20(26)24(21)13-16-9-6-12-27-16/h4-6,9-12,15H,1-3,7-8,13-14H2,(H,22,25). The van der Waals surface area contributed by atoms with Crippen molar-refractivity contribution in [3.63, 3.8) is 0 Å². The summed E-state index contributed by atoms with van der Waals surface area (Å²) < 4.78 is 1.69. The first-order valence-corrected chi connectivity index (χ1v) is 11.5. The molecule has 1 saturated carbocycles. The monoisotopic (exact) mass is 413 g/mol. The molecule has 0 saturated heterocycles. The van der Waals surface area contributed by atoms with Gasteiger partial charge in [-0.15, -0.1) is 11.3 Å². The predicted molar refractivity (Wildman–Crippen MR) is 115 cm³/mol. The summed E-state index contributed by atoms with van der Waals surface area (Å²) in [5.41, 5.74) is 0.610. The van der Waals surface area contributed by atoms with E-state index in [1.807, 2.05) is 35.7 Å².